The summed E-state index contributed by atoms with van der Waals surface area (Å²) in [6.07, 6.45) is -4.49. The molecule has 8 nitrogen and oxygen atoms in total. The Morgan fingerprint density at radius 1 is 0.893 bits per heavy atom. The summed E-state index contributed by atoms with van der Waals surface area (Å²) in [5.41, 5.74) is -3.54. The lowest BCUT2D eigenvalue weighted by Gasteiger charge is -2.44. The molecule has 2 saturated carbocycles. The molecule has 3 saturated heterocycles. The summed E-state index contributed by atoms with van der Waals surface area (Å²) in [6.45, 7) is 0. The number of hydrogen-bond acceptors (Lipinski definition) is 8. The van der Waals surface area contributed by atoms with E-state index in [1.807, 2.05) is 24.3 Å². The van der Waals surface area contributed by atoms with Gasteiger partial charge in [0.1, 0.15) is 23.7 Å². The van der Waals surface area contributed by atoms with Gasteiger partial charge in [-0.05, 0) is 17.5 Å². The lowest BCUT2D eigenvalue weighted by Crippen LogP contribution is -2.75. The lowest BCUT2D eigenvalue weighted by atomic mass is 9.64. The highest BCUT2D eigenvalue weighted by molar-refractivity contribution is 6.18. The molecule has 2 aliphatic carbocycles. The summed E-state index contributed by atoms with van der Waals surface area (Å²) >= 11 is 0. The molecule has 0 aromatic heterocycles. The molecule has 1 N–H and O–H groups in total. The van der Waals surface area contributed by atoms with Crippen molar-refractivity contribution in [3.05, 3.63) is 36.4 Å². The van der Waals surface area contributed by atoms with E-state index in [-0.39, 0.29) is 0 Å². The van der Waals surface area contributed by atoms with Crippen molar-refractivity contribution >= 4 is 22.3 Å². The molecule has 1 spiro atoms. The average molecular weight is 380 g/mol. The molecule has 5 fully saturated rings. The van der Waals surface area contributed by atoms with Crippen LogP contribution in [0.1, 0.15) is 0 Å². The van der Waals surface area contributed by atoms with Gasteiger partial charge in [-0.2, -0.15) is 0 Å². The molecule has 6 aliphatic rings. The van der Waals surface area contributed by atoms with Crippen LogP contribution in [0.2, 0.25) is 0 Å². The zero-order chi connectivity index (χ0) is 18.6. The Bertz CT molecular complexity index is 1130. The SMILES string of the molecule is O=C1[C@H]2O[C@H]2C(=O)[C@@]23O[C@@]12C1(Oc2cccc4cccc(c24)O1)[C@@H]1O[C@@H]1[C@@H]3O. The minimum absolute atomic E-state index is 0.434. The molecule has 2 aromatic carbocycles. The number of carbonyl (C=O) groups excluding carboxylic acids is 2. The zero-order valence-electron chi connectivity index (χ0n) is 14.2. The molecule has 4 aliphatic heterocycles. The summed E-state index contributed by atoms with van der Waals surface area (Å²) in [5.74, 6) is -1.53. The van der Waals surface area contributed by atoms with Gasteiger partial charge in [0.2, 0.25) is 22.8 Å². The third kappa shape index (κ3) is 1.15. The highest BCUT2D eigenvalue weighted by Crippen LogP contribution is 2.73. The molecule has 2 aromatic rings. The maximum Gasteiger partial charge on any atom is 0.320 e. The largest absolute Gasteiger partial charge is 0.446 e. The van der Waals surface area contributed by atoms with Crippen molar-refractivity contribution in [1.29, 1.82) is 0 Å². The van der Waals surface area contributed by atoms with E-state index in [1.54, 1.807) is 12.1 Å². The van der Waals surface area contributed by atoms with Crippen LogP contribution in [0.4, 0.5) is 0 Å². The Kier molecular flexibility index (Phi) is 1.97. The first-order valence-electron chi connectivity index (χ1n) is 9.23. The van der Waals surface area contributed by atoms with Crippen LogP contribution in [0.25, 0.3) is 10.8 Å². The van der Waals surface area contributed by atoms with E-state index < -0.39 is 59.1 Å². The number of Topliss-reactive ketones (excluding diaryl/α,β-unsaturated/α-hetero) is 2. The van der Waals surface area contributed by atoms with Crippen LogP contribution in [-0.2, 0) is 23.8 Å². The van der Waals surface area contributed by atoms with Gasteiger partial charge in [-0.1, -0.05) is 24.3 Å². The lowest BCUT2D eigenvalue weighted by molar-refractivity contribution is -0.193. The minimum atomic E-state index is -1.79. The van der Waals surface area contributed by atoms with Gasteiger partial charge in [0.05, 0.1) is 5.39 Å². The van der Waals surface area contributed by atoms with Crippen LogP contribution in [-0.4, -0.2) is 64.2 Å². The van der Waals surface area contributed by atoms with Crippen molar-refractivity contribution in [1.82, 2.24) is 0 Å². The Balaban J connectivity index is 1.41. The Labute approximate surface area is 156 Å². The number of hydrogen-bond donors (Lipinski definition) is 1. The Hall–Kier alpha value is -2.52. The number of aliphatic hydroxyl groups excluding tert-OH is 1. The minimum Gasteiger partial charge on any atom is -0.446 e. The van der Waals surface area contributed by atoms with Crippen molar-refractivity contribution in [2.24, 2.45) is 0 Å². The summed E-state index contributed by atoms with van der Waals surface area (Å²) in [4.78, 5) is 26.3. The maximum atomic E-state index is 13.3. The van der Waals surface area contributed by atoms with Crippen LogP contribution in [0.5, 0.6) is 11.5 Å². The van der Waals surface area contributed by atoms with Crippen molar-refractivity contribution in [2.75, 3.05) is 0 Å². The van der Waals surface area contributed by atoms with Gasteiger partial charge in [-0.3, -0.25) is 9.59 Å². The molecular weight excluding hydrogens is 368 g/mol. The molecule has 140 valence electrons. The summed E-state index contributed by atoms with van der Waals surface area (Å²) in [5, 5.41) is 12.5. The molecule has 7 atom stereocenters. The number of ketones is 2. The molecular formula is C20H12O8. The fraction of sp³-hybridized carbons (Fsp3) is 0.400. The van der Waals surface area contributed by atoms with Crippen LogP contribution >= 0.6 is 0 Å². The van der Waals surface area contributed by atoms with E-state index in [0.717, 1.165) is 10.8 Å². The first-order valence-corrected chi connectivity index (χ1v) is 9.23. The van der Waals surface area contributed by atoms with Crippen LogP contribution in [0, 0.1) is 0 Å². The van der Waals surface area contributed by atoms with E-state index in [2.05, 4.69) is 0 Å². The van der Waals surface area contributed by atoms with Crippen LogP contribution < -0.4 is 9.47 Å². The standard InChI is InChI=1S/C20H12O8/c21-14-11-12(24-11)16(23)19-18(14,28-19)15(22)13-17(25-13)20(19)26-8-5-1-3-7-4-2-6-9(27-20)10(7)8/h1-6,11-13,15,17,22H/t11-,12+,13-,15+,17-,18+,19+/m1/s1. The first kappa shape index (κ1) is 14.5. The average Bonchev–Trinajstić information content (AvgIpc) is 3.59. The van der Waals surface area contributed by atoms with E-state index in [9.17, 15) is 14.7 Å². The number of carbonyl (C=O) groups is 2. The maximum absolute atomic E-state index is 13.3. The normalized spacial score (nSPS) is 47.2. The van der Waals surface area contributed by atoms with Gasteiger partial charge in [0.15, 0.2) is 18.3 Å². The van der Waals surface area contributed by atoms with Crippen molar-refractivity contribution in [3.8, 4) is 11.5 Å². The zero-order valence-corrected chi connectivity index (χ0v) is 14.2. The van der Waals surface area contributed by atoms with E-state index in [1.165, 1.54) is 0 Å². The molecule has 8 rings (SSSR count). The van der Waals surface area contributed by atoms with Crippen LogP contribution in [0.15, 0.2) is 36.4 Å². The number of rotatable bonds is 0. The number of benzene rings is 2. The van der Waals surface area contributed by atoms with Gasteiger partial charge < -0.3 is 28.8 Å². The molecule has 4 heterocycles. The molecule has 0 unspecified atom stereocenters. The van der Waals surface area contributed by atoms with Gasteiger partial charge in [0, 0.05) is 0 Å². The smallest absolute Gasteiger partial charge is 0.320 e. The second-order valence-corrected chi connectivity index (χ2v) is 8.17. The summed E-state index contributed by atoms with van der Waals surface area (Å²) in [6, 6.07) is 11.1. The Morgan fingerprint density at radius 2 is 1.57 bits per heavy atom. The number of fused-ring (bicyclic) bond motifs is 3. The van der Waals surface area contributed by atoms with Crippen molar-refractivity contribution in [2.45, 2.75) is 47.5 Å². The second kappa shape index (κ2) is 3.81. The number of ether oxygens (including phenoxy) is 5. The Morgan fingerprint density at radius 3 is 2.29 bits per heavy atom. The molecule has 8 heteroatoms. The van der Waals surface area contributed by atoms with E-state index in [0.29, 0.717) is 11.5 Å². The van der Waals surface area contributed by atoms with Gasteiger partial charge in [-0.15, -0.1) is 0 Å². The number of aliphatic hydroxyl groups is 1. The predicted octanol–water partition coefficient (Wildman–Crippen LogP) is -0.124. The highest BCUT2D eigenvalue weighted by atomic mass is 16.8. The molecule has 0 radical (unpaired) electrons. The first-order chi connectivity index (χ1) is 13.6. The van der Waals surface area contributed by atoms with Gasteiger partial charge in [-0.25, -0.2) is 0 Å². The van der Waals surface area contributed by atoms with E-state index in [4.69, 9.17) is 23.7 Å². The molecule has 0 bridgehead atoms. The monoisotopic (exact) mass is 380 g/mol. The number of epoxide rings is 3. The van der Waals surface area contributed by atoms with Gasteiger partial charge >= 0.3 is 5.79 Å². The van der Waals surface area contributed by atoms with Crippen LogP contribution in [0.3, 0.4) is 0 Å². The molecule has 28 heavy (non-hydrogen) atoms. The third-order valence-electron chi connectivity index (χ3n) is 6.99. The van der Waals surface area contributed by atoms with Gasteiger partial charge in [0.25, 0.3) is 0 Å². The topological polar surface area (TPSA) is 110 Å². The second-order valence-electron chi connectivity index (χ2n) is 8.17. The quantitative estimate of drug-likeness (QED) is 0.630. The molecule has 0 amide bonds. The van der Waals surface area contributed by atoms with Crippen molar-refractivity contribution < 1.29 is 38.4 Å². The fourth-order valence-electron chi connectivity index (χ4n) is 5.66. The highest BCUT2D eigenvalue weighted by Gasteiger charge is 3.03. The fourth-order valence-corrected chi connectivity index (χ4v) is 5.66. The van der Waals surface area contributed by atoms with E-state index >= 15 is 0 Å². The predicted molar refractivity (Wildman–Crippen MR) is 87.8 cm³/mol. The van der Waals surface area contributed by atoms with Crippen molar-refractivity contribution in [3.63, 3.8) is 0 Å². The summed E-state index contributed by atoms with van der Waals surface area (Å²) in [7, 11) is 0. The summed E-state index contributed by atoms with van der Waals surface area (Å²) < 4.78 is 29.5. The third-order valence-corrected chi connectivity index (χ3v) is 6.99.